The molecule has 3 N–H and O–H groups in total. The van der Waals surface area contributed by atoms with E-state index in [0.717, 1.165) is 5.56 Å². The van der Waals surface area contributed by atoms with Crippen LogP contribution in [0.15, 0.2) is 29.4 Å². The van der Waals surface area contributed by atoms with E-state index in [9.17, 15) is 4.79 Å². The van der Waals surface area contributed by atoms with Crippen molar-refractivity contribution in [2.45, 2.75) is 6.92 Å². The van der Waals surface area contributed by atoms with Crippen LogP contribution in [-0.4, -0.2) is 18.9 Å². The van der Waals surface area contributed by atoms with Gasteiger partial charge in [-0.05, 0) is 19.1 Å². The topological polar surface area (TPSA) is 76.7 Å². The van der Waals surface area contributed by atoms with E-state index in [1.807, 2.05) is 24.3 Å². The summed E-state index contributed by atoms with van der Waals surface area (Å²) in [6, 6.07) is 6.70. The summed E-state index contributed by atoms with van der Waals surface area (Å²) in [6.07, 6.45) is 0. The molecule has 0 radical (unpaired) electrons. The van der Waals surface area contributed by atoms with Crippen molar-refractivity contribution in [1.82, 2.24) is 5.43 Å². The van der Waals surface area contributed by atoms with Crippen molar-refractivity contribution in [3.63, 3.8) is 0 Å². The van der Waals surface area contributed by atoms with E-state index >= 15 is 0 Å². The van der Waals surface area contributed by atoms with Gasteiger partial charge in [-0.15, -0.1) is 0 Å². The Bertz CT molecular complexity index is 388. The number of nitrogens with two attached hydrogens (primary N) is 1. The van der Waals surface area contributed by atoms with Gasteiger partial charge in [0, 0.05) is 5.56 Å². The monoisotopic (exact) mass is 207 g/mol. The van der Waals surface area contributed by atoms with Gasteiger partial charge in [0.15, 0.2) is 0 Å². The van der Waals surface area contributed by atoms with E-state index in [1.165, 1.54) is 0 Å². The number of ether oxygens (including phenoxy) is 1. The van der Waals surface area contributed by atoms with Gasteiger partial charge in [0.25, 0.3) is 0 Å². The van der Waals surface area contributed by atoms with Crippen LogP contribution in [0.3, 0.4) is 0 Å². The molecule has 0 saturated carbocycles. The Hall–Kier alpha value is -2.04. The number of para-hydroxylation sites is 1. The van der Waals surface area contributed by atoms with E-state index in [0.29, 0.717) is 11.5 Å². The molecule has 0 unspecified atom stereocenters. The summed E-state index contributed by atoms with van der Waals surface area (Å²) in [5, 5.41) is 3.81. The lowest BCUT2D eigenvalue weighted by atomic mass is 10.1. The molecule has 5 heteroatoms. The molecule has 80 valence electrons. The van der Waals surface area contributed by atoms with Gasteiger partial charge in [-0.2, -0.15) is 5.10 Å². The number of hydrazone groups is 1. The van der Waals surface area contributed by atoms with E-state index in [2.05, 4.69) is 10.5 Å². The molecule has 0 aromatic heterocycles. The minimum absolute atomic E-state index is 0.631. The normalized spacial score (nSPS) is 10.9. The maximum atomic E-state index is 10.5. The number of hydrogen-bond acceptors (Lipinski definition) is 3. The lowest BCUT2D eigenvalue weighted by molar-refractivity contribution is 0.249. The largest absolute Gasteiger partial charge is 0.496 e. The number of methoxy groups -OCH3 is 1. The zero-order chi connectivity index (χ0) is 11.3. The summed E-state index contributed by atoms with van der Waals surface area (Å²) in [6.45, 7) is 1.76. The molecule has 0 saturated heterocycles. The van der Waals surface area contributed by atoms with Gasteiger partial charge < -0.3 is 10.5 Å². The third-order valence-corrected chi connectivity index (χ3v) is 1.83. The Morgan fingerprint density at radius 2 is 2.13 bits per heavy atom. The van der Waals surface area contributed by atoms with Crippen molar-refractivity contribution < 1.29 is 9.53 Å². The molecule has 0 fully saturated rings. The highest BCUT2D eigenvalue weighted by Gasteiger charge is 2.04. The maximum absolute atomic E-state index is 10.5. The van der Waals surface area contributed by atoms with Crippen molar-refractivity contribution in [2.24, 2.45) is 10.8 Å². The van der Waals surface area contributed by atoms with Gasteiger partial charge in [0.05, 0.1) is 12.8 Å². The molecule has 0 aliphatic heterocycles. The fourth-order valence-corrected chi connectivity index (χ4v) is 1.14. The molecule has 0 bridgehead atoms. The predicted octanol–water partition coefficient (Wildman–Crippen LogP) is 1.09. The second-order valence-corrected chi connectivity index (χ2v) is 2.87. The highest BCUT2D eigenvalue weighted by atomic mass is 16.5. The Morgan fingerprint density at radius 3 is 2.73 bits per heavy atom. The summed E-state index contributed by atoms with van der Waals surface area (Å²) in [4.78, 5) is 10.5. The fourth-order valence-electron chi connectivity index (χ4n) is 1.14. The number of nitrogens with one attached hydrogen (secondary N) is 1. The molecule has 0 atom stereocenters. The Balaban J connectivity index is 2.94. The van der Waals surface area contributed by atoms with Gasteiger partial charge in [-0.3, -0.25) is 0 Å². The van der Waals surface area contributed by atoms with Crippen molar-refractivity contribution in [2.75, 3.05) is 7.11 Å². The molecular weight excluding hydrogens is 194 g/mol. The third-order valence-electron chi connectivity index (χ3n) is 1.83. The summed E-state index contributed by atoms with van der Waals surface area (Å²) in [7, 11) is 1.58. The summed E-state index contributed by atoms with van der Waals surface area (Å²) in [5.41, 5.74) is 8.51. The van der Waals surface area contributed by atoms with Crippen LogP contribution in [0.1, 0.15) is 12.5 Å². The lowest BCUT2D eigenvalue weighted by Gasteiger charge is -2.07. The number of rotatable bonds is 3. The van der Waals surface area contributed by atoms with Gasteiger partial charge in [0.1, 0.15) is 5.75 Å². The molecule has 0 heterocycles. The standard InChI is InChI=1S/C10H13N3O2/c1-7(12-13-10(11)14)8-5-3-4-6-9(8)15-2/h3-6H,1-2H3,(H3,11,13,14). The molecule has 15 heavy (non-hydrogen) atoms. The number of hydrogen-bond donors (Lipinski definition) is 2. The maximum Gasteiger partial charge on any atom is 0.332 e. The van der Waals surface area contributed by atoms with Crippen LogP contribution >= 0.6 is 0 Å². The minimum Gasteiger partial charge on any atom is -0.496 e. The number of carbonyl (C=O) groups is 1. The smallest absolute Gasteiger partial charge is 0.332 e. The molecule has 2 amide bonds. The van der Waals surface area contributed by atoms with Crippen LogP contribution in [0.2, 0.25) is 0 Å². The summed E-state index contributed by atoms with van der Waals surface area (Å²) in [5.74, 6) is 0.699. The van der Waals surface area contributed by atoms with Crippen molar-refractivity contribution >= 4 is 11.7 Å². The molecular formula is C10H13N3O2. The van der Waals surface area contributed by atoms with Crippen molar-refractivity contribution in [1.29, 1.82) is 0 Å². The van der Waals surface area contributed by atoms with Gasteiger partial charge in [-0.1, -0.05) is 12.1 Å². The van der Waals surface area contributed by atoms with Crippen LogP contribution in [0.25, 0.3) is 0 Å². The van der Waals surface area contributed by atoms with Crippen LogP contribution in [-0.2, 0) is 0 Å². The summed E-state index contributed by atoms with van der Waals surface area (Å²) >= 11 is 0. The first-order valence-corrected chi connectivity index (χ1v) is 4.38. The number of nitrogens with zero attached hydrogens (tertiary/aromatic N) is 1. The second kappa shape index (κ2) is 4.99. The van der Waals surface area contributed by atoms with E-state index in [1.54, 1.807) is 14.0 Å². The Morgan fingerprint density at radius 1 is 1.47 bits per heavy atom. The number of primary amides is 1. The zero-order valence-corrected chi connectivity index (χ0v) is 8.65. The first kappa shape index (κ1) is 11.0. The molecule has 0 spiro atoms. The van der Waals surface area contributed by atoms with Crippen LogP contribution < -0.4 is 15.9 Å². The van der Waals surface area contributed by atoms with Gasteiger partial charge in [-0.25, -0.2) is 10.2 Å². The van der Waals surface area contributed by atoms with Gasteiger partial charge >= 0.3 is 6.03 Å². The highest BCUT2D eigenvalue weighted by molar-refractivity contribution is 6.01. The van der Waals surface area contributed by atoms with Crippen molar-refractivity contribution in [3.8, 4) is 5.75 Å². The first-order chi connectivity index (χ1) is 7.15. The number of amides is 2. The highest BCUT2D eigenvalue weighted by Crippen LogP contribution is 2.17. The van der Waals surface area contributed by atoms with E-state index in [4.69, 9.17) is 10.5 Å². The average Bonchev–Trinajstić information content (AvgIpc) is 2.25. The van der Waals surface area contributed by atoms with Crippen LogP contribution in [0.4, 0.5) is 4.79 Å². The van der Waals surface area contributed by atoms with E-state index in [-0.39, 0.29) is 0 Å². The van der Waals surface area contributed by atoms with E-state index < -0.39 is 6.03 Å². The number of benzene rings is 1. The average molecular weight is 207 g/mol. The third kappa shape index (κ3) is 2.98. The molecule has 1 aromatic rings. The Labute approximate surface area is 87.9 Å². The lowest BCUT2D eigenvalue weighted by Crippen LogP contribution is -2.25. The number of urea groups is 1. The predicted molar refractivity (Wildman–Crippen MR) is 57.9 cm³/mol. The number of carbonyl (C=O) groups excluding carboxylic acids is 1. The van der Waals surface area contributed by atoms with Crippen LogP contribution in [0, 0.1) is 0 Å². The SMILES string of the molecule is COc1ccccc1C(C)=NNC(N)=O. The van der Waals surface area contributed by atoms with Crippen LogP contribution in [0.5, 0.6) is 5.75 Å². The molecule has 1 rings (SSSR count). The Kier molecular flexibility index (Phi) is 3.68. The van der Waals surface area contributed by atoms with Crippen molar-refractivity contribution in [3.05, 3.63) is 29.8 Å². The first-order valence-electron chi connectivity index (χ1n) is 4.38. The van der Waals surface area contributed by atoms with Gasteiger partial charge in [0.2, 0.25) is 0 Å². The minimum atomic E-state index is -0.691. The molecule has 0 aliphatic rings. The molecule has 5 nitrogen and oxygen atoms in total. The second-order valence-electron chi connectivity index (χ2n) is 2.87. The quantitative estimate of drug-likeness (QED) is 0.575. The molecule has 0 aliphatic carbocycles. The zero-order valence-electron chi connectivity index (χ0n) is 8.65. The summed E-state index contributed by atoms with van der Waals surface area (Å²) < 4.78 is 5.15. The fraction of sp³-hybridized carbons (Fsp3) is 0.200. The molecule has 1 aromatic carbocycles.